The number of likely N-dealkylation sites (N-methyl/N-ethyl adjacent to an activating group) is 2. The number of aliphatic hydroxyl groups excluding tert-OH is 2. The summed E-state index contributed by atoms with van der Waals surface area (Å²) in [5, 5.41) is 42.9. The van der Waals surface area contributed by atoms with Crippen LogP contribution in [0.25, 0.3) is 0 Å². The molecule has 162 valence electrons. The summed E-state index contributed by atoms with van der Waals surface area (Å²) in [6.07, 6.45) is -2.97. The normalized spacial score (nSPS) is 13.0. The molecule has 0 fully saturated rings. The summed E-state index contributed by atoms with van der Waals surface area (Å²) in [4.78, 5) is 24.6. The fourth-order valence-corrected chi connectivity index (χ4v) is 3.36. The van der Waals surface area contributed by atoms with Gasteiger partial charge >= 0.3 is 0 Å². The fourth-order valence-electron chi connectivity index (χ4n) is 3.36. The first-order valence-electron chi connectivity index (χ1n) is 9.59. The average Bonchev–Trinajstić information content (AvgIpc) is 2.73. The molecule has 0 bridgehead atoms. The second kappa shape index (κ2) is 9.99. The van der Waals surface area contributed by atoms with E-state index in [0.717, 1.165) is 0 Å². The van der Waals surface area contributed by atoms with Crippen LogP contribution in [0, 0.1) is 20.2 Å². The molecule has 0 spiro atoms. The van der Waals surface area contributed by atoms with Gasteiger partial charge in [-0.25, -0.2) is 0 Å². The summed E-state index contributed by atoms with van der Waals surface area (Å²) >= 11 is 0. The van der Waals surface area contributed by atoms with Gasteiger partial charge < -0.3 is 20.0 Å². The van der Waals surface area contributed by atoms with Crippen LogP contribution < -0.4 is 9.80 Å². The topological polar surface area (TPSA) is 133 Å². The molecule has 2 unspecified atom stereocenters. The molecule has 0 aliphatic carbocycles. The Morgan fingerprint density at radius 3 is 1.37 bits per heavy atom. The van der Waals surface area contributed by atoms with Crippen LogP contribution in [0.5, 0.6) is 0 Å². The van der Waals surface area contributed by atoms with Gasteiger partial charge in [-0.15, -0.1) is 0 Å². The minimum Gasteiger partial charge on any atom is -0.391 e. The van der Waals surface area contributed by atoms with Crippen LogP contribution in [-0.4, -0.2) is 51.5 Å². The van der Waals surface area contributed by atoms with E-state index in [1.54, 1.807) is 24.3 Å². The van der Waals surface area contributed by atoms with Gasteiger partial charge in [-0.1, -0.05) is 0 Å². The quantitative estimate of drug-likeness (QED) is 0.342. The number of hydrogen-bond donors (Lipinski definition) is 2. The van der Waals surface area contributed by atoms with Crippen LogP contribution in [-0.2, 0) is 0 Å². The van der Waals surface area contributed by atoms with Gasteiger partial charge in [0.25, 0.3) is 11.4 Å². The molecule has 2 N–H and O–H groups in total. The number of anilines is 2. The molecule has 2 aromatic rings. The van der Waals surface area contributed by atoms with Crippen molar-refractivity contribution in [2.45, 2.75) is 39.1 Å². The Balaban J connectivity index is 2.50. The molecule has 0 saturated heterocycles. The Kier molecular flexibility index (Phi) is 7.67. The lowest BCUT2D eigenvalue weighted by atomic mass is 10.1. The van der Waals surface area contributed by atoms with Crippen LogP contribution in [0.1, 0.15) is 20.8 Å². The predicted molar refractivity (Wildman–Crippen MR) is 114 cm³/mol. The van der Waals surface area contributed by atoms with Gasteiger partial charge in [0.2, 0.25) is 0 Å². The van der Waals surface area contributed by atoms with Gasteiger partial charge in [0.1, 0.15) is 12.3 Å². The minimum absolute atomic E-state index is 0.0508. The van der Waals surface area contributed by atoms with Crippen molar-refractivity contribution in [3.8, 4) is 0 Å². The van der Waals surface area contributed by atoms with Crippen molar-refractivity contribution in [3.05, 3.63) is 68.8 Å². The number of benzene rings is 2. The van der Waals surface area contributed by atoms with Gasteiger partial charge in [-0.05, 0) is 45.0 Å². The fraction of sp³-hybridized carbons (Fsp3) is 0.400. The molecule has 0 heterocycles. The highest BCUT2D eigenvalue weighted by atomic mass is 16.6. The second-order valence-electron chi connectivity index (χ2n) is 6.76. The molecule has 30 heavy (non-hydrogen) atoms. The van der Waals surface area contributed by atoms with Gasteiger partial charge in [0.05, 0.1) is 16.0 Å². The van der Waals surface area contributed by atoms with Crippen molar-refractivity contribution < 1.29 is 20.1 Å². The third kappa shape index (κ3) is 5.02. The Bertz CT molecular complexity index is 791. The standard InChI is InChI=1S/C20H26N4O6/c1-4-21(15-6-10-17(11-7-15)23(27)28)20(19(26)14(3)25)22(5-2)16-8-12-18(13-9-16)24(29)30/h6-14,19-20,25-26H,4-5H2,1-3H3. The Hall–Kier alpha value is -3.24. The van der Waals surface area contributed by atoms with Crippen LogP contribution >= 0.6 is 0 Å². The number of nitrogens with zero attached hydrogens (tertiary/aromatic N) is 4. The molecule has 2 aromatic carbocycles. The van der Waals surface area contributed by atoms with Crippen molar-refractivity contribution in [1.29, 1.82) is 0 Å². The number of non-ortho nitro benzene ring substituents is 2. The molecule has 0 radical (unpaired) electrons. The van der Waals surface area contributed by atoms with E-state index in [-0.39, 0.29) is 11.4 Å². The van der Waals surface area contributed by atoms with E-state index in [2.05, 4.69) is 0 Å². The monoisotopic (exact) mass is 418 g/mol. The average molecular weight is 418 g/mol. The number of rotatable bonds is 10. The maximum atomic E-state index is 11.0. The zero-order valence-corrected chi connectivity index (χ0v) is 17.1. The Morgan fingerprint density at radius 2 is 1.13 bits per heavy atom. The van der Waals surface area contributed by atoms with Gasteiger partial charge in [0, 0.05) is 48.7 Å². The number of nitro groups is 2. The van der Waals surface area contributed by atoms with Crippen molar-refractivity contribution in [1.82, 2.24) is 0 Å². The Labute approximate surface area is 174 Å². The molecule has 10 nitrogen and oxygen atoms in total. The van der Waals surface area contributed by atoms with E-state index in [9.17, 15) is 30.4 Å². The third-order valence-corrected chi connectivity index (χ3v) is 4.90. The molecule has 0 amide bonds. The van der Waals surface area contributed by atoms with E-state index < -0.39 is 28.2 Å². The summed E-state index contributed by atoms with van der Waals surface area (Å²) in [6, 6.07) is 11.9. The van der Waals surface area contributed by atoms with Crippen molar-refractivity contribution in [3.63, 3.8) is 0 Å². The smallest absolute Gasteiger partial charge is 0.269 e. The van der Waals surface area contributed by atoms with Crippen LogP contribution in [0.2, 0.25) is 0 Å². The maximum Gasteiger partial charge on any atom is 0.269 e. The lowest BCUT2D eigenvalue weighted by molar-refractivity contribution is -0.385. The molecule has 2 atom stereocenters. The number of aliphatic hydroxyl groups is 2. The molecule has 0 saturated carbocycles. The lowest BCUT2D eigenvalue weighted by Gasteiger charge is -2.44. The van der Waals surface area contributed by atoms with E-state index >= 15 is 0 Å². The van der Waals surface area contributed by atoms with E-state index in [1.807, 2.05) is 23.6 Å². The first-order valence-corrected chi connectivity index (χ1v) is 9.59. The van der Waals surface area contributed by atoms with E-state index in [1.165, 1.54) is 31.2 Å². The maximum absolute atomic E-state index is 11.0. The van der Waals surface area contributed by atoms with Gasteiger partial charge in [-0.3, -0.25) is 20.2 Å². The molecular weight excluding hydrogens is 392 g/mol. The summed E-state index contributed by atoms with van der Waals surface area (Å²) in [6.45, 7) is 6.09. The number of nitro benzene ring substituents is 2. The molecular formula is C20H26N4O6. The Morgan fingerprint density at radius 1 is 0.800 bits per heavy atom. The lowest BCUT2D eigenvalue weighted by Crippen LogP contribution is -2.58. The largest absolute Gasteiger partial charge is 0.391 e. The van der Waals surface area contributed by atoms with E-state index in [4.69, 9.17) is 0 Å². The van der Waals surface area contributed by atoms with E-state index in [0.29, 0.717) is 24.5 Å². The highest BCUT2D eigenvalue weighted by Gasteiger charge is 2.34. The SMILES string of the molecule is CCN(c1ccc([N+](=O)[O-])cc1)C(C(O)C(C)O)N(CC)c1ccc([N+](=O)[O-])cc1. The van der Waals surface area contributed by atoms with Crippen LogP contribution in [0.3, 0.4) is 0 Å². The first kappa shape index (κ1) is 23.0. The molecule has 0 aromatic heterocycles. The summed E-state index contributed by atoms with van der Waals surface area (Å²) in [7, 11) is 0. The zero-order chi connectivity index (χ0) is 22.4. The van der Waals surface area contributed by atoms with Gasteiger partial charge in [-0.2, -0.15) is 0 Å². The number of hydrogen-bond acceptors (Lipinski definition) is 8. The molecule has 0 aliphatic rings. The first-order chi connectivity index (χ1) is 14.2. The summed E-state index contributed by atoms with van der Waals surface area (Å²) in [5.74, 6) is 0. The van der Waals surface area contributed by atoms with Crippen LogP contribution in [0.15, 0.2) is 48.5 Å². The minimum atomic E-state index is -1.18. The molecule has 2 rings (SSSR count). The van der Waals surface area contributed by atoms with Gasteiger partial charge in [0.15, 0.2) is 0 Å². The summed E-state index contributed by atoms with van der Waals surface area (Å²) in [5.41, 5.74) is 1.16. The molecule has 10 heteroatoms. The highest BCUT2D eigenvalue weighted by molar-refractivity contribution is 5.57. The van der Waals surface area contributed by atoms with Crippen molar-refractivity contribution >= 4 is 22.7 Å². The van der Waals surface area contributed by atoms with Crippen molar-refractivity contribution in [2.24, 2.45) is 0 Å². The predicted octanol–water partition coefficient (Wildman–Crippen LogP) is 2.92. The third-order valence-electron chi connectivity index (χ3n) is 4.90. The summed E-state index contributed by atoms with van der Waals surface area (Å²) < 4.78 is 0. The van der Waals surface area contributed by atoms with Crippen LogP contribution in [0.4, 0.5) is 22.7 Å². The zero-order valence-electron chi connectivity index (χ0n) is 17.1. The highest BCUT2D eigenvalue weighted by Crippen LogP contribution is 2.29. The molecule has 0 aliphatic heterocycles. The second-order valence-corrected chi connectivity index (χ2v) is 6.76. The van der Waals surface area contributed by atoms with Crippen molar-refractivity contribution in [2.75, 3.05) is 22.9 Å².